The van der Waals surface area contributed by atoms with Crippen molar-refractivity contribution in [1.82, 2.24) is 5.32 Å². The Morgan fingerprint density at radius 3 is 2.44 bits per heavy atom. The smallest absolute Gasteiger partial charge is 0.0575 e. The first-order chi connectivity index (χ1) is 8.79. The summed E-state index contributed by atoms with van der Waals surface area (Å²) in [6.07, 6.45) is 12.6. The third-order valence-corrected chi connectivity index (χ3v) is 3.71. The van der Waals surface area contributed by atoms with Crippen LogP contribution in [0, 0.1) is 5.92 Å². The third-order valence-electron chi connectivity index (χ3n) is 3.71. The van der Waals surface area contributed by atoms with Crippen molar-refractivity contribution < 1.29 is 4.74 Å². The first kappa shape index (κ1) is 16.0. The van der Waals surface area contributed by atoms with Crippen LogP contribution in [0.3, 0.4) is 0 Å². The van der Waals surface area contributed by atoms with Gasteiger partial charge < -0.3 is 10.1 Å². The lowest BCUT2D eigenvalue weighted by Crippen LogP contribution is -2.20. The van der Waals surface area contributed by atoms with E-state index in [0.29, 0.717) is 6.10 Å². The molecular weight excluding hydrogens is 222 g/mol. The second-order valence-corrected chi connectivity index (χ2v) is 6.14. The van der Waals surface area contributed by atoms with E-state index >= 15 is 0 Å². The summed E-state index contributed by atoms with van der Waals surface area (Å²) in [4.78, 5) is 0. The van der Waals surface area contributed by atoms with E-state index in [4.69, 9.17) is 4.74 Å². The van der Waals surface area contributed by atoms with Crippen molar-refractivity contribution >= 4 is 0 Å². The summed E-state index contributed by atoms with van der Waals surface area (Å²) in [6.45, 7) is 7.85. The summed E-state index contributed by atoms with van der Waals surface area (Å²) >= 11 is 0. The molecule has 2 heteroatoms. The predicted molar refractivity (Wildman–Crippen MR) is 79.0 cm³/mol. The molecule has 0 spiro atoms. The molecule has 1 fully saturated rings. The van der Waals surface area contributed by atoms with E-state index in [0.717, 1.165) is 19.1 Å². The Balaban J connectivity index is 1.75. The molecule has 0 heterocycles. The summed E-state index contributed by atoms with van der Waals surface area (Å²) in [6, 6.07) is 0. The highest BCUT2D eigenvalue weighted by molar-refractivity contribution is 4.64. The maximum atomic E-state index is 5.93. The molecule has 0 saturated heterocycles. The van der Waals surface area contributed by atoms with Crippen LogP contribution < -0.4 is 5.32 Å². The van der Waals surface area contributed by atoms with E-state index in [1.54, 1.807) is 0 Å². The van der Waals surface area contributed by atoms with Gasteiger partial charge in [0.15, 0.2) is 0 Å². The van der Waals surface area contributed by atoms with Crippen molar-refractivity contribution in [2.75, 3.05) is 19.7 Å². The molecule has 0 unspecified atom stereocenters. The van der Waals surface area contributed by atoms with Crippen LogP contribution in [0.25, 0.3) is 0 Å². The van der Waals surface area contributed by atoms with Crippen molar-refractivity contribution in [2.45, 2.75) is 77.7 Å². The number of rotatable bonds is 10. The van der Waals surface area contributed by atoms with Gasteiger partial charge in [0.25, 0.3) is 0 Å². The Morgan fingerprint density at radius 1 is 1.00 bits per heavy atom. The Kier molecular flexibility index (Phi) is 9.59. The Bertz CT molecular complexity index is 176. The molecule has 1 aliphatic rings. The van der Waals surface area contributed by atoms with Gasteiger partial charge in [-0.25, -0.2) is 0 Å². The molecule has 0 bridgehead atoms. The van der Waals surface area contributed by atoms with Crippen LogP contribution in [0.4, 0.5) is 0 Å². The molecule has 108 valence electrons. The van der Waals surface area contributed by atoms with Gasteiger partial charge in [-0.15, -0.1) is 0 Å². The minimum absolute atomic E-state index is 0.589. The largest absolute Gasteiger partial charge is 0.378 e. The van der Waals surface area contributed by atoms with E-state index in [1.165, 1.54) is 64.3 Å². The number of unbranched alkanes of at least 4 members (excludes halogenated alkanes) is 3. The monoisotopic (exact) mass is 255 g/mol. The van der Waals surface area contributed by atoms with Gasteiger partial charge in [-0.3, -0.25) is 0 Å². The summed E-state index contributed by atoms with van der Waals surface area (Å²) in [7, 11) is 0. The van der Waals surface area contributed by atoms with Gasteiger partial charge in [-0.2, -0.15) is 0 Å². The topological polar surface area (TPSA) is 21.3 Å². The molecule has 1 rings (SSSR count). The summed E-state index contributed by atoms with van der Waals surface area (Å²) in [5.41, 5.74) is 0. The Labute approximate surface area is 114 Å². The van der Waals surface area contributed by atoms with Crippen LogP contribution >= 0.6 is 0 Å². The molecule has 0 aromatic rings. The van der Waals surface area contributed by atoms with E-state index in [1.807, 2.05) is 0 Å². The highest BCUT2D eigenvalue weighted by atomic mass is 16.5. The maximum Gasteiger partial charge on any atom is 0.0575 e. The normalized spacial score (nSPS) is 17.5. The van der Waals surface area contributed by atoms with E-state index in [-0.39, 0.29) is 0 Å². The molecule has 1 N–H and O–H groups in total. The zero-order valence-electron chi connectivity index (χ0n) is 12.5. The fourth-order valence-electron chi connectivity index (χ4n) is 2.58. The fraction of sp³-hybridized carbons (Fsp3) is 1.00. The van der Waals surface area contributed by atoms with Crippen molar-refractivity contribution in [1.29, 1.82) is 0 Å². The average Bonchev–Trinajstić information content (AvgIpc) is 2.37. The van der Waals surface area contributed by atoms with Gasteiger partial charge >= 0.3 is 0 Å². The van der Waals surface area contributed by atoms with Gasteiger partial charge in [0.05, 0.1) is 6.10 Å². The van der Waals surface area contributed by atoms with Gasteiger partial charge in [-0.1, -0.05) is 46.0 Å². The number of hydrogen-bond acceptors (Lipinski definition) is 2. The molecule has 0 radical (unpaired) electrons. The number of ether oxygens (including phenoxy) is 1. The molecule has 1 aliphatic carbocycles. The standard InChI is InChI=1S/C16H33NO/c1-15(2)14-17-12-8-3-4-9-13-18-16-10-6-5-7-11-16/h15-17H,3-14H2,1-2H3. The van der Waals surface area contributed by atoms with E-state index in [9.17, 15) is 0 Å². The lowest BCUT2D eigenvalue weighted by molar-refractivity contribution is 0.0263. The van der Waals surface area contributed by atoms with E-state index in [2.05, 4.69) is 19.2 Å². The maximum absolute atomic E-state index is 5.93. The van der Waals surface area contributed by atoms with Gasteiger partial charge in [0.1, 0.15) is 0 Å². The molecule has 0 aromatic heterocycles. The molecule has 1 saturated carbocycles. The summed E-state index contributed by atoms with van der Waals surface area (Å²) in [5, 5.41) is 3.50. The minimum atomic E-state index is 0.589. The summed E-state index contributed by atoms with van der Waals surface area (Å²) < 4.78 is 5.93. The van der Waals surface area contributed by atoms with Crippen molar-refractivity contribution in [3.8, 4) is 0 Å². The minimum Gasteiger partial charge on any atom is -0.378 e. The van der Waals surface area contributed by atoms with Crippen LogP contribution in [-0.4, -0.2) is 25.8 Å². The Morgan fingerprint density at radius 2 is 1.72 bits per heavy atom. The first-order valence-electron chi connectivity index (χ1n) is 8.11. The summed E-state index contributed by atoms with van der Waals surface area (Å²) in [5.74, 6) is 0.772. The molecule has 18 heavy (non-hydrogen) atoms. The molecular formula is C16H33NO. The fourth-order valence-corrected chi connectivity index (χ4v) is 2.58. The van der Waals surface area contributed by atoms with Crippen molar-refractivity contribution in [3.05, 3.63) is 0 Å². The lowest BCUT2D eigenvalue weighted by atomic mass is 9.98. The van der Waals surface area contributed by atoms with Crippen LogP contribution in [-0.2, 0) is 4.74 Å². The Hall–Kier alpha value is -0.0800. The second kappa shape index (κ2) is 10.8. The van der Waals surface area contributed by atoms with E-state index < -0.39 is 0 Å². The van der Waals surface area contributed by atoms with Crippen LogP contribution in [0.1, 0.15) is 71.6 Å². The molecule has 0 atom stereocenters. The zero-order chi connectivity index (χ0) is 13.1. The zero-order valence-corrected chi connectivity index (χ0v) is 12.5. The SMILES string of the molecule is CC(C)CNCCCCCCOC1CCCCC1. The van der Waals surface area contributed by atoms with Crippen LogP contribution in [0.5, 0.6) is 0 Å². The number of nitrogens with one attached hydrogen (secondary N) is 1. The second-order valence-electron chi connectivity index (χ2n) is 6.14. The predicted octanol–water partition coefficient (Wildman–Crippen LogP) is 4.14. The van der Waals surface area contributed by atoms with Crippen LogP contribution in [0.2, 0.25) is 0 Å². The van der Waals surface area contributed by atoms with Crippen LogP contribution in [0.15, 0.2) is 0 Å². The van der Waals surface area contributed by atoms with Crippen molar-refractivity contribution in [2.24, 2.45) is 5.92 Å². The highest BCUT2D eigenvalue weighted by Crippen LogP contribution is 2.20. The van der Waals surface area contributed by atoms with Gasteiger partial charge in [0.2, 0.25) is 0 Å². The molecule has 0 amide bonds. The number of hydrogen-bond donors (Lipinski definition) is 1. The molecule has 2 nitrogen and oxygen atoms in total. The highest BCUT2D eigenvalue weighted by Gasteiger charge is 2.12. The van der Waals surface area contributed by atoms with Crippen molar-refractivity contribution in [3.63, 3.8) is 0 Å². The molecule has 0 aromatic carbocycles. The first-order valence-corrected chi connectivity index (χ1v) is 8.11. The lowest BCUT2D eigenvalue weighted by Gasteiger charge is -2.21. The quantitative estimate of drug-likeness (QED) is 0.592. The average molecular weight is 255 g/mol. The third kappa shape index (κ3) is 8.93. The van der Waals surface area contributed by atoms with Gasteiger partial charge in [0, 0.05) is 6.61 Å². The van der Waals surface area contributed by atoms with Gasteiger partial charge in [-0.05, 0) is 44.7 Å². The molecule has 0 aliphatic heterocycles.